The predicted octanol–water partition coefficient (Wildman–Crippen LogP) is 2.43. The van der Waals surface area contributed by atoms with Gasteiger partial charge >= 0.3 is 0 Å². The molecule has 0 aliphatic carbocycles. The number of fused-ring (bicyclic) bond motifs is 1. The fourth-order valence-electron chi connectivity index (χ4n) is 3.70. The molecule has 2 unspecified atom stereocenters. The van der Waals surface area contributed by atoms with Crippen molar-refractivity contribution < 1.29 is 5.11 Å². The Morgan fingerprint density at radius 2 is 2.00 bits per heavy atom. The van der Waals surface area contributed by atoms with Gasteiger partial charge in [-0.3, -0.25) is 5.32 Å². The van der Waals surface area contributed by atoms with Crippen molar-refractivity contribution in [1.82, 2.24) is 29.5 Å². The zero-order valence-corrected chi connectivity index (χ0v) is 16.3. The maximum absolute atomic E-state index is 10.6. The first-order valence-corrected chi connectivity index (χ1v) is 9.83. The first kappa shape index (κ1) is 18.1. The third-order valence-electron chi connectivity index (χ3n) is 5.16. The molecule has 4 heterocycles. The second kappa shape index (κ2) is 7.47. The number of benzene rings is 1. The predicted molar refractivity (Wildman–Crippen MR) is 110 cm³/mol. The highest BCUT2D eigenvalue weighted by molar-refractivity contribution is 6.30. The molecule has 1 fully saturated rings. The molecule has 1 aliphatic rings. The van der Waals surface area contributed by atoms with E-state index in [0.717, 1.165) is 36.5 Å². The summed E-state index contributed by atoms with van der Waals surface area (Å²) < 4.78 is 3.68. The Morgan fingerprint density at radius 3 is 2.86 bits per heavy atom. The van der Waals surface area contributed by atoms with Crippen molar-refractivity contribution in [2.24, 2.45) is 0 Å². The summed E-state index contributed by atoms with van der Waals surface area (Å²) in [6.45, 7) is 1.63. The summed E-state index contributed by atoms with van der Waals surface area (Å²) in [7, 11) is 0. The van der Waals surface area contributed by atoms with Crippen molar-refractivity contribution in [2.45, 2.75) is 18.7 Å². The molecular weight excluding hydrogens is 390 g/mol. The second-order valence-electron chi connectivity index (χ2n) is 7.08. The minimum absolute atomic E-state index is 0.115. The van der Waals surface area contributed by atoms with Crippen LogP contribution in [0.4, 0.5) is 5.82 Å². The summed E-state index contributed by atoms with van der Waals surface area (Å²) in [5.41, 5.74) is 1.91. The molecule has 0 saturated carbocycles. The van der Waals surface area contributed by atoms with Crippen LogP contribution in [0.3, 0.4) is 0 Å². The molecule has 8 nitrogen and oxygen atoms in total. The molecule has 3 aromatic heterocycles. The molecule has 29 heavy (non-hydrogen) atoms. The van der Waals surface area contributed by atoms with Crippen LogP contribution in [0.25, 0.3) is 11.2 Å². The van der Waals surface area contributed by atoms with Crippen LogP contribution in [-0.4, -0.2) is 48.4 Å². The number of nitrogens with zero attached hydrogens (tertiary/aromatic N) is 6. The van der Waals surface area contributed by atoms with Crippen LogP contribution >= 0.6 is 11.6 Å². The van der Waals surface area contributed by atoms with Crippen LogP contribution in [0.1, 0.15) is 18.5 Å². The minimum Gasteiger partial charge on any atom is -0.371 e. The molecule has 2 N–H and O–H groups in total. The van der Waals surface area contributed by atoms with E-state index in [9.17, 15) is 5.11 Å². The van der Waals surface area contributed by atoms with E-state index in [1.807, 2.05) is 36.8 Å². The molecule has 4 aromatic rings. The average Bonchev–Trinajstić information content (AvgIpc) is 3.48. The van der Waals surface area contributed by atoms with Crippen LogP contribution in [-0.2, 0) is 0 Å². The van der Waals surface area contributed by atoms with E-state index in [1.165, 1.54) is 0 Å². The van der Waals surface area contributed by atoms with Crippen LogP contribution in [0.2, 0.25) is 5.02 Å². The van der Waals surface area contributed by atoms with Gasteiger partial charge in [-0.15, -0.1) is 5.10 Å². The Balaban J connectivity index is 1.25. The summed E-state index contributed by atoms with van der Waals surface area (Å²) in [5, 5.41) is 18.8. The number of aromatic nitrogens is 5. The van der Waals surface area contributed by atoms with Crippen molar-refractivity contribution in [3.63, 3.8) is 0 Å². The van der Waals surface area contributed by atoms with Crippen LogP contribution < -0.4 is 10.2 Å². The molecule has 5 rings (SSSR count). The zero-order chi connectivity index (χ0) is 19.8. The van der Waals surface area contributed by atoms with Crippen molar-refractivity contribution in [3.8, 4) is 5.69 Å². The van der Waals surface area contributed by atoms with Gasteiger partial charge in [0.25, 0.3) is 0 Å². The molecule has 148 valence electrons. The molecule has 2 atom stereocenters. The lowest BCUT2D eigenvalue weighted by Gasteiger charge is -2.20. The van der Waals surface area contributed by atoms with Gasteiger partial charge in [0.15, 0.2) is 17.9 Å². The molecule has 0 amide bonds. The Kier molecular flexibility index (Phi) is 4.67. The quantitative estimate of drug-likeness (QED) is 0.492. The van der Waals surface area contributed by atoms with E-state index in [4.69, 9.17) is 11.6 Å². The maximum Gasteiger partial charge on any atom is 0.194 e. The molecular formula is C20H20ClN7O. The Morgan fingerprint density at radius 1 is 1.14 bits per heavy atom. The van der Waals surface area contributed by atoms with E-state index in [-0.39, 0.29) is 6.04 Å². The highest BCUT2D eigenvalue weighted by Gasteiger charge is 2.27. The molecule has 1 saturated heterocycles. The maximum atomic E-state index is 10.6. The average molecular weight is 410 g/mol. The van der Waals surface area contributed by atoms with Gasteiger partial charge in [-0.2, -0.15) is 0 Å². The Labute approximate surface area is 172 Å². The highest BCUT2D eigenvalue weighted by Crippen LogP contribution is 2.24. The number of nitrogens with one attached hydrogen (secondary N) is 1. The van der Waals surface area contributed by atoms with E-state index < -0.39 is 6.23 Å². The fraction of sp³-hybridized carbons (Fsp3) is 0.250. The fourth-order valence-corrected chi connectivity index (χ4v) is 3.83. The number of hydrogen-bond donors (Lipinski definition) is 2. The second-order valence-corrected chi connectivity index (χ2v) is 7.51. The monoisotopic (exact) mass is 409 g/mol. The number of aliphatic hydroxyl groups excluding tert-OH is 1. The molecule has 1 aromatic carbocycles. The molecule has 0 radical (unpaired) electrons. The smallest absolute Gasteiger partial charge is 0.194 e. The zero-order valence-electron chi connectivity index (χ0n) is 15.6. The van der Waals surface area contributed by atoms with E-state index in [2.05, 4.69) is 35.8 Å². The van der Waals surface area contributed by atoms with Gasteiger partial charge in [0.1, 0.15) is 6.33 Å². The van der Waals surface area contributed by atoms with Gasteiger partial charge < -0.3 is 14.4 Å². The van der Waals surface area contributed by atoms with Crippen LogP contribution in [0.5, 0.6) is 0 Å². The number of anilines is 1. The molecule has 0 spiro atoms. The van der Waals surface area contributed by atoms with Gasteiger partial charge in [0, 0.05) is 42.7 Å². The third kappa shape index (κ3) is 3.57. The number of halogens is 1. The summed E-state index contributed by atoms with van der Waals surface area (Å²) in [4.78, 5) is 11.0. The lowest BCUT2D eigenvalue weighted by atomic mass is 10.2. The van der Waals surface area contributed by atoms with Crippen LogP contribution in [0, 0.1) is 0 Å². The van der Waals surface area contributed by atoms with Crippen molar-refractivity contribution in [3.05, 3.63) is 72.2 Å². The van der Waals surface area contributed by atoms with Gasteiger partial charge in [0.2, 0.25) is 0 Å². The first-order valence-electron chi connectivity index (χ1n) is 9.45. The van der Waals surface area contributed by atoms with Gasteiger partial charge in [-0.1, -0.05) is 11.6 Å². The Bertz CT molecular complexity index is 1120. The van der Waals surface area contributed by atoms with Crippen molar-refractivity contribution in [2.75, 3.05) is 18.0 Å². The summed E-state index contributed by atoms with van der Waals surface area (Å²) in [6, 6.07) is 11.5. The summed E-state index contributed by atoms with van der Waals surface area (Å²) in [6.07, 6.45) is 7.31. The lowest BCUT2D eigenvalue weighted by Crippen LogP contribution is -2.36. The van der Waals surface area contributed by atoms with Gasteiger partial charge in [-0.05, 0) is 42.8 Å². The standard InChI is InChI=1S/C20H20ClN7O/c21-14-3-5-16(6-4-14)28-13-23-18(25-28)20(29)24-15-7-10-27(12-15)19-17-2-1-9-26(17)11-8-22-19/h1-6,8-9,11,13,15,20,24,29H,7,10,12H2. The molecule has 1 aliphatic heterocycles. The van der Waals surface area contributed by atoms with Crippen LogP contribution in [0.15, 0.2) is 61.3 Å². The van der Waals surface area contributed by atoms with Crippen molar-refractivity contribution in [1.29, 1.82) is 0 Å². The molecule has 9 heteroatoms. The van der Waals surface area contributed by atoms with E-state index in [1.54, 1.807) is 23.1 Å². The SMILES string of the molecule is OC(NC1CCN(c2nccn3cccc23)C1)c1ncn(-c2ccc(Cl)cc2)n1. The highest BCUT2D eigenvalue weighted by atomic mass is 35.5. The largest absolute Gasteiger partial charge is 0.371 e. The third-order valence-corrected chi connectivity index (χ3v) is 5.41. The van der Waals surface area contributed by atoms with Gasteiger partial charge in [0.05, 0.1) is 11.2 Å². The summed E-state index contributed by atoms with van der Waals surface area (Å²) >= 11 is 5.93. The topological polar surface area (TPSA) is 83.5 Å². The first-order chi connectivity index (χ1) is 14.2. The number of rotatable bonds is 5. The van der Waals surface area contributed by atoms with E-state index >= 15 is 0 Å². The number of aliphatic hydroxyl groups is 1. The summed E-state index contributed by atoms with van der Waals surface area (Å²) in [5.74, 6) is 1.30. The number of hydrogen-bond acceptors (Lipinski definition) is 6. The molecule has 0 bridgehead atoms. The minimum atomic E-state index is -0.939. The van der Waals surface area contributed by atoms with Gasteiger partial charge in [-0.25, -0.2) is 14.6 Å². The normalized spacial score (nSPS) is 17.9. The van der Waals surface area contributed by atoms with Crippen molar-refractivity contribution >= 4 is 22.9 Å². The Hall–Kier alpha value is -2.94. The van der Waals surface area contributed by atoms with E-state index in [0.29, 0.717) is 10.8 Å². The lowest BCUT2D eigenvalue weighted by molar-refractivity contribution is 0.117.